The fraction of sp³-hybridized carbons (Fsp3) is 0.538. The van der Waals surface area contributed by atoms with Gasteiger partial charge < -0.3 is 5.73 Å². The molecule has 16 heavy (non-hydrogen) atoms. The molecule has 2 N–H and O–H groups in total. The van der Waals surface area contributed by atoms with E-state index in [0.717, 1.165) is 23.6 Å². The summed E-state index contributed by atoms with van der Waals surface area (Å²) < 4.78 is 0. The minimum absolute atomic E-state index is 0.116. The fourth-order valence-corrected chi connectivity index (χ4v) is 2.18. The Morgan fingerprint density at radius 1 is 1.31 bits per heavy atom. The average Bonchev–Trinajstić information content (AvgIpc) is 2.31. The number of nitrogens with zero attached hydrogens (tertiary/aromatic N) is 1. The van der Waals surface area contributed by atoms with E-state index >= 15 is 0 Å². The molecule has 0 saturated heterocycles. The second-order valence-corrected chi connectivity index (χ2v) is 4.52. The summed E-state index contributed by atoms with van der Waals surface area (Å²) in [6, 6.07) is 8.27. The Kier molecular flexibility index (Phi) is 5.26. The van der Waals surface area contributed by atoms with Gasteiger partial charge in [-0.3, -0.25) is 4.90 Å². The number of hydrogen-bond donors (Lipinski definition) is 1. The largest absolute Gasteiger partial charge is 0.326 e. The minimum Gasteiger partial charge on any atom is -0.326 e. The topological polar surface area (TPSA) is 29.3 Å². The highest BCUT2D eigenvalue weighted by Gasteiger charge is 2.23. The lowest BCUT2D eigenvalue weighted by molar-refractivity contribution is 0.220. The van der Waals surface area contributed by atoms with Crippen molar-refractivity contribution in [3.63, 3.8) is 0 Å². The van der Waals surface area contributed by atoms with Gasteiger partial charge in [-0.05, 0) is 31.6 Å². The van der Waals surface area contributed by atoms with Gasteiger partial charge in [0, 0.05) is 11.1 Å². The van der Waals surface area contributed by atoms with E-state index in [9.17, 15) is 0 Å². The molecule has 1 rings (SSSR count). The number of halogens is 1. The molecule has 0 saturated carbocycles. The van der Waals surface area contributed by atoms with Crippen LogP contribution in [0.1, 0.15) is 31.9 Å². The van der Waals surface area contributed by atoms with Crippen molar-refractivity contribution in [2.75, 3.05) is 13.6 Å². The highest BCUT2D eigenvalue weighted by molar-refractivity contribution is 6.31. The molecule has 0 aromatic heterocycles. The SMILES string of the molecule is CCC(N)C(c1ccccc1Cl)N(C)CC. The Morgan fingerprint density at radius 3 is 2.44 bits per heavy atom. The van der Waals surface area contributed by atoms with Crippen LogP contribution >= 0.6 is 11.6 Å². The van der Waals surface area contributed by atoms with Crippen LogP contribution < -0.4 is 5.73 Å². The van der Waals surface area contributed by atoms with E-state index in [1.807, 2.05) is 18.2 Å². The van der Waals surface area contributed by atoms with Gasteiger partial charge >= 0.3 is 0 Å². The van der Waals surface area contributed by atoms with Crippen molar-refractivity contribution >= 4 is 11.6 Å². The zero-order chi connectivity index (χ0) is 12.1. The van der Waals surface area contributed by atoms with Gasteiger partial charge in [0.25, 0.3) is 0 Å². The van der Waals surface area contributed by atoms with Crippen molar-refractivity contribution < 1.29 is 0 Å². The lowest BCUT2D eigenvalue weighted by atomic mass is 9.96. The standard InChI is InChI=1S/C13H21ClN2/c1-4-12(15)13(16(3)5-2)10-8-6-7-9-11(10)14/h6-9,12-13H,4-5,15H2,1-3H3. The second kappa shape index (κ2) is 6.24. The molecule has 1 aromatic carbocycles. The molecule has 2 nitrogen and oxygen atoms in total. The summed E-state index contributed by atoms with van der Waals surface area (Å²) in [6.07, 6.45) is 0.945. The van der Waals surface area contributed by atoms with Gasteiger partial charge in [0.05, 0.1) is 6.04 Å². The molecule has 0 heterocycles. The zero-order valence-electron chi connectivity index (χ0n) is 10.3. The molecular weight excluding hydrogens is 220 g/mol. The van der Waals surface area contributed by atoms with Gasteiger partial charge in [0.1, 0.15) is 0 Å². The molecule has 2 unspecified atom stereocenters. The van der Waals surface area contributed by atoms with Gasteiger partial charge in [-0.1, -0.05) is 43.6 Å². The summed E-state index contributed by atoms with van der Waals surface area (Å²) in [6.45, 7) is 5.20. The van der Waals surface area contributed by atoms with E-state index in [1.54, 1.807) is 0 Å². The summed E-state index contributed by atoms with van der Waals surface area (Å²) >= 11 is 6.24. The maximum atomic E-state index is 6.24. The number of nitrogens with two attached hydrogens (primary N) is 1. The number of benzene rings is 1. The highest BCUT2D eigenvalue weighted by Crippen LogP contribution is 2.29. The molecule has 0 aliphatic heterocycles. The van der Waals surface area contributed by atoms with Crippen molar-refractivity contribution in [2.24, 2.45) is 5.73 Å². The molecule has 90 valence electrons. The summed E-state index contributed by atoms with van der Waals surface area (Å²) in [4.78, 5) is 2.25. The third-order valence-corrected chi connectivity index (χ3v) is 3.42. The molecule has 0 aliphatic carbocycles. The molecule has 0 fully saturated rings. The average molecular weight is 241 g/mol. The van der Waals surface area contributed by atoms with Gasteiger partial charge in [-0.25, -0.2) is 0 Å². The van der Waals surface area contributed by atoms with E-state index in [1.165, 1.54) is 0 Å². The summed E-state index contributed by atoms with van der Waals surface area (Å²) in [5, 5.41) is 0.803. The molecule has 0 radical (unpaired) electrons. The van der Waals surface area contributed by atoms with Crippen LogP contribution in [0.25, 0.3) is 0 Å². The van der Waals surface area contributed by atoms with Gasteiger partial charge in [0.15, 0.2) is 0 Å². The first-order valence-electron chi connectivity index (χ1n) is 5.82. The molecule has 1 aromatic rings. The zero-order valence-corrected chi connectivity index (χ0v) is 11.0. The van der Waals surface area contributed by atoms with E-state index in [0.29, 0.717) is 0 Å². The fourth-order valence-electron chi connectivity index (χ4n) is 1.93. The number of likely N-dealkylation sites (N-methyl/N-ethyl adjacent to an activating group) is 1. The van der Waals surface area contributed by atoms with E-state index < -0.39 is 0 Å². The van der Waals surface area contributed by atoms with Crippen LogP contribution in [0.4, 0.5) is 0 Å². The lowest BCUT2D eigenvalue weighted by Gasteiger charge is -2.32. The third-order valence-electron chi connectivity index (χ3n) is 3.07. The molecular formula is C13H21ClN2. The quantitative estimate of drug-likeness (QED) is 0.857. The first-order valence-corrected chi connectivity index (χ1v) is 6.19. The van der Waals surface area contributed by atoms with E-state index in [4.69, 9.17) is 17.3 Å². The van der Waals surface area contributed by atoms with Gasteiger partial charge in [0.2, 0.25) is 0 Å². The summed E-state index contributed by atoms with van der Waals surface area (Å²) in [7, 11) is 2.09. The Hall–Kier alpha value is -0.570. The molecule has 3 heteroatoms. The number of hydrogen-bond acceptors (Lipinski definition) is 2. The normalized spacial score (nSPS) is 15.1. The van der Waals surface area contributed by atoms with Crippen LogP contribution in [0, 0.1) is 0 Å². The molecule has 0 spiro atoms. The van der Waals surface area contributed by atoms with Crippen molar-refractivity contribution in [3.05, 3.63) is 34.9 Å². The van der Waals surface area contributed by atoms with Gasteiger partial charge in [-0.2, -0.15) is 0 Å². The lowest BCUT2D eigenvalue weighted by Crippen LogP contribution is -2.38. The Morgan fingerprint density at radius 2 is 1.94 bits per heavy atom. The number of rotatable bonds is 5. The predicted octanol–water partition coefficient (Wildman–Crippen LogP) is 3.07. The minimum atomic E-state index is 0.116. The summed E-state index contributed by atoms with van der Waals surface area (Å²) in [5.41, 5.74) is 7.32. The van der Waals surface area contributed by atoms with Crippen LogP contribution in [-0.2, 0) is 0 Å². The second-order valence-electron chi connectivity index (χ2n) is 4.11. The van der Waals surface area contributed by atoms with Crippen LogP contribution in [0.3, 0.4) is 0 Å². The van der Waals surface area contributed by atoms with Crippen molar-refractivity contribution in [1.82, 2.24) is 4.90 Å². The Balaban J connectivity index is 3.06. The maximum absolute atomic E-state index is 6.24. The van der Waals surface area contributed by atoms with Crippen LogP contribution in [-0.4, -0.2) is 24.5 Å². The molecule has 2 atom stereocenters. The van der Waals surface area contributed by atoms with Crippen LogP contribution in [0.2, 0.25) is 5.02 Å². The monoisotopic (exact) mass is 240 g/mol. The Bertz CT molecular complexity index is 317. The highest BCUT2D eigenvalue weighted by atomic mass is 35.5. The summed E-state index contributed by atoms with van der Waals surface area (Å²) in [5.74, 6) is 0. The van der Waals surface area contributed by atoms with Crippen molar-refractivity contribution in [3.8, 4) is 0 Å². The predicted molar refractivity (Wildman–Crippen MR) is 70.8 cm³/mol. The Labute approximate surface area is 103 Å². The van der Waals surface area contributed by atoms with Gasteiger partial charge in [-0.15, -0.1) is 0 Å². The van der Waals surface area contributed by atoms with Crippen molar-refractivity contribution in [1.29, 1.82) is 0 Å². The molecule has 0 amide bonds. The van der Waals surface area contributed by atoms with Crippen molar-refractivity contribution in [2.45, 2.75) is 32.4 Å². The first kappa shape index (κ1) is 13.5. The molecule has 0 aliphatic rings. The third kappa shape index (κ3) is 2.97. The van der Waals surface area contributed by atoms with Crippen LogP contribution in [0.15, 0.2) is 24.3 Å². The van der Waals surface area contributed by atoms with E-state index in [2.05, 4.69) is 31.9 Å². The van der Waals surface area contributed by atoms with E-state index in [-0.39, 0.29) is 12.1 Å². The smallest absolute Gasteiger partial charge is 0.0510 e. The van der Waals surface area contributed by atoms with Crippen LogP contribution in [0.5, 0.6) is 0 Å². The molecule has 0 bridgehead atoms. The first-order chi connectivity index (χ1) is 7.61. The maximum Gasteiger partial charge on any atom is 0.0510 e.